The highest BCUT2D eigenvalue weighted by Gasteiger charge is 2.23. The zero-order valence-corrected chi connectivity index (χ0v) is 14.0. The Bertz CT molecular complexity index is 857. The second kappa shape index (κ2) is 5.96. The molecule has 0 unspecified atom stereocenters. The minimum Gasteiger partial charge on any atom is -0.318 e. The first-order valence-electron chi connectivity index (χ1n) is 7.22. The summed E-state index contributed by atoms with van der Waals surface area (Å²) in [7, 11) is 0. The summed E-state index contributed by atoms with van der Waals surface area (Å²) in [6, 6.07) is 9.86. The third-order valence-electron chi connectivity index (χ3n) is 3.27. The molecule has 0 amide bonds. The molecule has 5 nitrogen and oxygen atoms in total. The van der Waals surface area contributed by atoms with Crippen molar-refractivity contribution in [2.24, 2.45) is 10.6 Å². The predicted octanol–water partition coefficient (Wildman–Crippen LogP) is 3.99. The van der Waals surface area contributed by atoms with Gasteiger partial charge in [-0.3, -0.25) is 4.40 Å². The molecule has 23 heavy (non-hydrogen) atoms. The van der Waals surface area contributed by atoms with E-state index in [9.17, 15) is 4.79 Å². The Morgan fingerprint density at radius 2 is 2.04 bits per heavy atom. The van der Waals surface area contributed by atoms with E-state index in [1.165, 1.54) is 0 Å². The largest absolute Gasteiger partial charge is 0.340 e. The van der Waals surface area contributed by atoms with E-state index >= 15 is 0 Å². The number of hydrogen-bond donors (Lipinski definition) is 0. The van der Waals surface area contributed by atoms with Gasteiger partial charge in [-0.05, 0) is 20.8 Å². The minimum absolute atomic E-state index is 0.374. The van der Waals surface area contributed by atoms with Crippen LogP contribution < -0.4 is 0 Å². The molecule has 2 aromatic heterocycles. The number of carbonyl (C=O) groups is 1. The Labute approximate surface area is 138 Å². The number of aromatic nitrogens is 2. The second-order valence-electron chi connectivity index (χ2n) is 6.13. The first kappa shape index (κ1) is 15.4. The van der Waals surface area contributed by atoms with Crippen molar-refractivity contribution in [1.82, 2.24) is 9.38 Å². The third kappa shape index (κ3) is 3.17. The van der Waals surface area contributed by atoms with Crippen LogP contribution in [0.15, 0.2) is 47.1 Å². The number of imidazole rings is 1. The highest BCUT2D eigenvalue weighted by molar-refractivity contribution is 7.15. The molecule has 0 bridgehead atoms. The van der Waals surface area contributed by atoms with E-state index in [2.05, 4.69) is 10.1 Å². The van der Waals surface area contributed by atoms with Gasteiger partial charge in [0.1, 0.15) is 0 Å². The fourth-order valence-corrected chi connectivity index (χ4v) is 2.72. The van der Waals surface area contributed by atoms with Crippen molar-refractivity contribution >= 4 is 28.5 Å². The molecule has 0 fully saturated rings. The molecule has 0 atom stereocenters. The van der Waals surface area contributed by atoms with Crippen LogP contribution in [0.2, 0.25) is 0 Å². The molecule has 0 radical (unpaired) electrons. The van der Waals surface area contributed by atoms with Crippen molar-refractivity contribution in [2.75, 3.05) is 0 Å². The van der Waals surface area contributed by atoms with Gasteiger partial charge in [-0.15, -0.1) is 11.3 Å². The fraction of sp³-hybridized carbons (Fsp3) is 0.235. The standard InChI is InChI=1S/C17H17N3O2S/c1-17(2,3)15(21)22-18-11-13-14(12-7-5-4-6-8-12)19-16-20(13)9-10-23-16/h4-11H,1-3H3. The summed E-state index contributed by atoms with van der Waals surface area (Å²) in [5.41, 5.74) is 2.00. The van der Waals surface area contributed by atoms with Gasteiger partial charge in [0.15, 0.2) is 4.96 Å². The highest BCUT2D eigenvalue weighted by Crippen LogP contribution is 2.25. The zero-order valence-electron chi connectivity index (χ0n) is 13.2. The number of nitrogens with zero attached hydrogens (tertiary/aromatic N) is 3. The first-order chi connectivity index (χ1) is 11.0. The molecule has 0 aliphatic heterocycles. The molecule has 6 heteroatoms. The van der Waals surface area contributed by atoms with Gasteiger partial charge in [-0.1, -0.05) is 35.5 Å². The van der Waals surface area contributed by atoms with Crippen molar-refractivity contribution in [3.63, 3.8) is 0 Å². The quantitative estimate of drug-likeness (QED) is 0.415. The van der Waals surface area contributed by atoms with Crippen LogP contribution in [0.5, 0.6) is 0 Å². The van der Waals surface area contributed by atoms with Gasteiger partial charge in [0.25, 0.3) is 0 Å². The normalized spacial score (nSPS) is 12.1. The molecular formula is C17H17N3O2S. The zero-order chi connectivity index (χ0) is 16.4. The van der Waals surface area contributed by atoms with Gasteiger partial charge < -0.3 is 4.84 Å². The maximum Gasteiger partial charge on any atom is 0.340 e. The molecule has 0 saturated carbocycles. The minimum atomic E-state index is -0.589. The molecule has 0 aliphatic carbocycles. The molecule has 0 aliphatic rings. The number of carbonyl (C=O) groups excluding carboxylic acids is 1. The lowest BCUT2D eigenvalue weighted by Gasteiger charge is -2.12. The summed E-state index contributed by atoms with van der Waals surface area (Å²) in [4.78, 5) is 22.3. The SMILES string of the molecule is CC(C)(C)C(=O)ON=Cc1c(-c2ccccc2)nc2sccn12. The molecule has 0 spiro atoms. The third-order valence-corrected chi connectivity index (χ3v) is 4.03. The van der Waals surface area contributed by atoms with Gasteiger partial charge in [-0.25, -0.2) is 9.78 Å². The first-order valence-corrected chi connectivity index (χ1v) is 8.10. The topological polar surface area (TPSA) is 56.0 Å². The average molecular weight is 327 g/mol. The van der Waals surface area contributed by atoms with Crippen LogP contribution in [-0.2, 0) is 9.63 Å². The van der Waals surface area contributed by atoms with E-state index in [1.54, 1.807) is 38.3 Å². The Kier molecular flexibility index (Phi) is 4.00. The van der Waals surface area contributed by atoms with Crippen LogP contribution in [0.3, 0.4) is 0 Å². The van der Waals surface area contributed by atoms with Gasteiger partial charge >= 0.3 is 5.97 Å². The van der Waals surface area contributed by atoms with Crippen LogP contribution in [0, 0.1) is 5.41 Å². The predicted molar refractivity (Wildman–Crippen MR) is 91.6 cm³/mol. The van der Waals surface area contributed by atoms with Gasteiger partial charge in [0.2, 0.25) is 0 Å². The van der Waals surface area contributed by atoms with Crippen molar-refractivity contribution in [3.8, 4) is 11.3 Å². The second-order valence-corrected chi connectivity index (χ2v) is 7.00. The van der Waals surface area contributed by atoms with Gasteiger partial charge in [0.05, 0.1) is 23.0 Å². The summed E-state index contributed by atoms with van der Waals surface area (Å²) in [6.07, 6.45) is 3.46. The summed E-state index contributed by atoms with van der Waals surface area (Å²) < 4.78 is 1.93. The fourth-order valence-electron chi connectivity index (χ4n) is 2.00. The van der Waals surface area contributed by atoms with E-state index in [0.717, 1.165) is 21.9 Å². The molecule has 0 saturated heterocycles. The molecule has 0 N–H and O–H groups in total. The van der Waals surface area contributed by atoms with Crippen molar-refractivity contribution < 1.29 is 9.63 Å². The number of thiazole rings is 1. The smallest absolute Gasteiger partial charge is 0.318 e. The van der Waals surface area contributed by atoms with Crippen LogP contribution >= 0.6 is 11.3 Å². The van der Waals surface area contributed by atoms with Crippen LogP contribution in [-0.4, -0.2) is 21.6 Å². The van der Waals surface area contributed by atoms with E-state index in [1.807, 2.05) is 46.3 Å². The van der Waals surface area contributed by atoms with Crippen molar-refractivity contribution in [1.29, 1.82) is 0 Å². The summed E-state index contributed by atoms with van der Waals surface area (Å²) in [5, 5.41) is 5.82. The molecule has 118 valence electrons. The Morgan fingerprint density at radius 3 is 2.74 bits per heavy atom. The summed E-state index contributed by atoms with van der Waals surface area (Å²) >= 11 is 1.54. The lowest BCUT2D eigenvalue weighted by Crippen LogP contribution is -2.21. The van der Waals surface area contributed by atoms with E-state index in [4.69, 9.17) is 4.84 Å². The molecule has 1 aromatic carbocycles. The molecular weight excluding hydrogens is 310 g/mol. The number of benzene rings is 1. The lowest BCUT2D eigenvalue weighted by molar-refractivity contribution is -0.152. The van der Waals surface area contributed by atoms with Crippen LogP contribution in [0.1, 0.15) is 26.5 Å². The lowest BCUT2D eigenvalue weighted by atomic mass is 9.98. The maximum atomic E-state index is 11.8. The Morgan fingerprint density at radius 1 is 1.30 bits per heavy atom. The molecule has 3 rings (SSSR count). The van der Waals surface area contributed by atoms with E-state index < -0.39 is 5.41 Å². The van der Waals surface area contributed by atoms with Gasteiger partial charge in [-0.2, -0.15) is 0 Å². The van der Waals surface area contributed by atoms with Crippen molar-refractivity contribution in [3.05, 3.63) is 47.6 Å². The maximum absolute atomic E-state index is 11.8. The average Bonchev–Trinajstić information content (AvgIpc) is 3.09. The number of rotatable bonds is 3. The Balaban J connectivity index is 1.96. The molecule has 2 heterocycles. The van der Waals surface area contributed by atoms with Crippen LogP contribution in [0.25, 0.3) is 16.2 Å². The Hall–Kier alpha value is -2.47. The van der Waals surface area contributed by atoms with E-state index in [-0.39, 0.29) is 5.97 Å². The summed E-state index contributed by atoms with van der Waals surface area (Å²) in [5.74, 6) is -0.374. The number of oxime groups is 1. The van der Waals surface area contributed by atoms with Crippen molar-refractivity contribution in [2.45, 2.75) is 20.8 Å². The van der Waals surface area contributed by atoms with E-state index in [0.29, 0.717) is 0 Å². The van der Waals surface area contributed by atoms with Gasteiger partial charge in [0, 0.05) is 17.1 Å². The number of hydrogen-bond acceptors (Lipinski definition) is 5. The number of fused-ring (bicyclic) bond motifs is 1. The monoisotopic (exact) mass is 327 g/mol. The summed E-state index contributed by atoms with van der Waals surface area (Å²) in [6.45, 7) is 5.36. The highest BCUT2D eigenvalue weighted by atomic mass is 32.1. The van der Waals surface area contributed by atoms with Crippen LogP contribution in [0.4, 0.5) is 0 Å². The molecule has 3 aromatic rings.